The van der Waals surface area contributed by atoms with Crippen LogP contribution >= 0.6 is 0 Å². The van der Waals surface area contributed by atoms with Crippen LogP contribution in [0.3, 0.4) is 0 Å². The summed E-state index contributed by atoms with van der Waals surface area (Å²) in [4.78, 5) is 4.24. The largest absolute Gasteiger partial charge is 0.303 e. The van der Waals surface area contributed by atoms with Crippen molar-refractivity contribution in [1.29, 1.82) is 0 Å². The summed E-state index contributed by atoms with van der Waals surface area (Å²) >= 11 is 0. The first-order chi connectivity index (χ1) is 10.1. The second-order valence-electron chi connectivity index (χ2n) is 6.80. The molecule has 1 aromatic heterocycles. The number of aromatic nitrogens is 1. The van der Waals surface area contributed by atoms with Crippen molar-refractivity contribution in [1.82, 2.24) is 10.3 Å². The van der Waals surface area contributed by atoms with Gasteiger partial charge in [-0.1, -0.05) is 44.2 Å². The van der Waals surface area contributed by atoms with Crippen molar-refractivity contribution in [3.8, 4) is 0 Å². The van der Waals surface area contributed by atoms with Gasteiger partial charge in [-0.3, -0.25) is 4.98 Å². The van der Waals surface area contributed by atoms with Gasteiger partial charge in [0.15, 0.2) is 0 Å². The normalized spacial score (nSPS) is 21.6. The molecule has 2 nitrogen and oxygen atoms in total. The standard InChI is InChI=1S/C19H24N2/c1-14(16-8-6-12-20-13-16)21-18-17-9-5-4-7-15(17)10-11-19(18,2)3/h4-9,12-14,18,21H,10-11H2,1-3H3/t14-,18?/m0/s1. The number of nitrogens with zero attached hydrogens (tertiary/aromatic N) is 1. The zero-order chi connectivity index (χ0) is 14.9. The molecule has 1 unspecified atom stereocenters. The first-order valence-electron chi connectivity index (χ1n) is 7.82. The molecule has 2 heteroatoms. The highest BCUT2D eigenvalue weighted by Crippen LogP contribution is 2.44. The number of benzene rings is 1. The minimum Gasteiger partial charge on any atom is -0.303 e. The maximum atomic E-state index is 4.24. The third-order valence-electron chi connectivity index (χ3n) is 4.79. The Labute approximate surface area is 127 Å². The molecule has 2 aromatic rings. The van der Waals surface area contributed by atoms with Crippen molar-refractivity contribution in [2.45, 2.75) is 45.7 Å². The Morgan fingerprint density at radius 2 is 2.00 bits per heavy atom. The smallest absolute Gasteiger partial charge is 0.0379 e. The van der Waals surface area contributed by atoms with Gasteiger partial charge in [-0.05, 0) is 47.9 Å². The predicted octanol–water partition coefficient (Wildman–Crippen LogP) is 4.45. The van der Waals surface area contributed by atoms with Crippen LogP contribution in [0.5, 0.6) is 0 Å². The molecule has 1 aliphatic rings. The molecule has 2 atom stereocenters. The topological polar surface area (TPSA) is 24.9 Å². The fraction of sp³-hybridized carbons (Fsp3) is 0.421. The molecule has 110 valence electrons. The molecule has 0 aliphatic heterocycles. The number of hydrogen-bond acceptors (Lipinski definition) is 2. The van der Waals surface area contributed by atoms with Crippen molar-refractivity contribution in [3.63, 3.8) is 0 Å². The molecule has 0 amide bonds. The highest BCUT2D eigenvalue weighted by molar-refractivity contribution is 5.34. The highest BCUT2D eigenvalue weighted by Gasteiger charge is 2.36. The van der Waals surface area contributed by atoms with E-state index in [0.29, 0.717) is 12.1 Å². The van der Waals surface area contributed by atoms with Gasteiger partial charge in [-0.2, -0.15) is 0 Å². The van der Waals surface area contributed by atoms with Crippen molar-refractivity contribution in [2.75, 3.05) is 0 Å². The van der Waals surface area contributed by atoms with Gasteiger partial charge in [0.05, 0.1) is 0 Å². The Bertz CT molecular complexity index is 604. The Balaban J connectivity index is 1.89. The van der Waals surface area contributed by atoms with Gasteiger partial charge in [-0.25, -0.2) is 0 Å². The monoisotopic (exact) mass is 280 g/mol. The van der Waals surface area contributed by atoms with E-state index >= 15 is 0 Å². The number of hydrogen-bond donors (Lipinski definition) is 1. The van der Waals surface area contributed by atoms with Crippen LogP contribution in [-0.2, 0) is 6.42 Å². The molecular weight excluding hydrogens is 256 g/mol. The highest BCUT2D eigenvalue weighted by atomic mass is 15.0. The Kier molecular flexibility index (Phi) is 3.81. The van der Waals surface area contributed by atoms with E-state index in [-0.39, 0.29) is 5.41 Å². The first-order valence-corrected chi connectivity index (χ1v) is 7.82. The second-order valence-corrected chi connectivity index (χ2v) is 6.80. The van der Waals surface area contributed by atoms with E-state index in [1.54, 1.807) is 0 Å². The molecule has 21 heavy (non-hydrogen) atoms. The van der Waals surface area contributed by atoms with Crippen LogP contribution in [0.1, 0.15) is 56.0 Å². The third-order valence-corrected chi connectivity index (χ3v) is 4.79. The van der Waals surface area contributed by atoms with Gasteiger partial charge in [0.2, 0.25) is 0 Å². The lowest BCUT2D eigenvalue weighted by atomic mass is 9.70. The lowest BCUT2D eigenvalue weighted by Crippen LogP contribution is -2.39. The summed E-state index contributed by atoms with van der Waals surface area (Å²) < 4.78 is 0. The van der Waals surface area contributed by atoms with E-state index in [0.717, 1.165) is 0 Å². The molecule has 1 heterocycles. The minimum absolute atomic E-state index is 0.269. The van der Waals surface area contributed by atoms with E-state index in [2.05, 4.69) is 61.4 Å². The summed E-state index contributed by atoms with van der Waals surface area (Å²) in [5.74, 6) is 0. The quantitative estimate of drug-likeness (QED) is 0.898. The maximum Gasteiger partial charge on any atom is 0.0379 e. The lowest BCUT2D eigenvalue weighted by Gasteiger charge is -2.42. The van der Waals surface area contributed by atoms with Crippen molar-refractivity contribution in [3.05, 3.63) is 65.5 Å². The van der Waals surface area contributed by atoms with Crippen LogP contribution in [0.25, 0.3) is 0 Å². The van der Waals surface area contributed by atoms with Gasteiger partial charge in [0.25, 0.3) is 0 Å². The van der Waals surface area contributed by atoms with Crippen LogP contribution < -0.4 is 5.32 Å². The van der Waals surface area contributed by atoms with Gasteiger partial charge >= 0.3 is 0 Å². The van der Waals surface area contributed by atoms with Crippen LogP contribution in [0.2, 0.25) is 0 Å². The maximum absolute atomic E-state index is 4.24. The molecule has 1 aromatic carbocycles. The number of fused-ring (bicyclic) bond motifs is 1. The summed E-state index contributed by atoms with van der Waals surface area (Å²) in [7, 11) is 0. The fourth-order valence-corrected chi connectivity index (χ4v) is 3.36. The van der Waals surface area contributed by atoms with Gasteiger partial charge in [-0.15, -0.1) is 0 Å². The molecular formula is C19H24N2. The molecule has 1 N–H and O–H groups in total. The molecule has 0 saturated heterocycles. The molecule has 0 saturated carbocycles. The van der Waals surface area contributed by atoms with Crippen LogP contribution in [-0.4, -0.2) is 4.98 Å². The summed E-state index contributed by atoms with van der Waals surface area (Å²) in [5.41, 5.74) is 4.47. The van der Waals surface area contributed by atoms with E-state index in [1.165, 1.54) is 29.5 Å². The predicted molar refractivity (Wildman–Crippen MR) is 87.1 cm³/mol. The summed E-state index contributed by atoms with van der Waals surface area (Å²) in [6.45, 7) is 6.97. The number of nitrogens with one attached hydrogen (secondary N) is 1. The average molecular weight is 280 g/mol. The van der Waals surface area contributed by atoms with Gasteiger partial charge < -0.3 is 5.32 Å². The van der Waals surface area contributed by atoms with E-state index < -0.39 is 0 Å². The van der Waals surface area contributed by atoms with Crippen LogP contribution in [0, 0.1) is 5.41 Å². The molecule has 1 aliphatic carbocycles. The van der Waals surface area contributed by atoms with Crippen molar-refractivity contribution < 1.29 is 0 Å². The minimum atomic E-state index is 0.269. The zero-order valence-corrected chi connectivity index (χ0v) is 13.1. The van der Waals surface area contributed by atoms with E-state index in [9.17, 15) is 0 Å². The number of rotatable bonds is 3. The summed E-state index contributed by atoms with van der Waals surface area (Å²) in [5, 5.41) is 3.84. The zero-order valence-electron chi connectivity index (χ0n) is 13.1. The number of pyridine rings is 1. The Hall–Kier alpha value is -1.67. The molecule has 3 rings (SSSR count). The van der Waals surface area contributed by atoms with E-state index in [1.807, 2.05) is 18.5 Å². The molecule has 0 radical (unpaired) electrons. The summed E-state index contributed by atoms with van der Waals surface area (Å²) in [6, 6.07) is 13.7. The summed E-state index contributed by atoms with van der Waals surface area (Å²) in [6.07, 6.45) is 6.19. The molecule has 0 fully saturated rings. The second kappa shape index (κ2) is 5.61. The first kappa shape index (κ1) is 14.3. The molecule has 0 spiro atoms. The van der Waals surface area contributed by atoms with Crippen molar-refractivity contribution in [2.24, 2.45) is 5.41 Å². The Morgan fingerprint density at radius 3 is 2.76 bits per heavy atom. The number of aryl methyl sites for hydroxylation is 1. The van der Waals surface area contributed by atoms with Crippen LogP contribution in [0.15, 0.2) is 48.8 Å². The van der Waals surface area contributed by atoms with Crippen molar-refractivity contribution >= 4 is 0 Å². The van der Waals surface area contributed by atoms with Gasteiger partial charge in [0.1, 0.15) is 0 Å². The lowest BCUT2D eigenvalue weighted by molar-refractivity contribution is 0.196. The average Bonchev–Trinajstić information content (AvgIpc) is 2.51. The van der Waals surface area contributed by atoms with E-state index in [4.69, 9.17) is 0 Å². The third kappa shape index (κ3) is 2.86. The Morgan fingerprint density at radius 1 is 1.19 bits per heavy atom. The fourth-order valence-electron chi connectivity index (χ4n) is 3.36. The van der Waals surface area contributed by atoms with Crippen LogP contribution in [0.4, 0.5) is 0 Å². The SMILES string of the molecule is C[C@H](NC1c2ccccc2CCC1(C)C)c1cccnc1. The van der Waals surface area contributed by atoms with Gasteiger partial charge in [0, 0.05) is 24.5 Å². The molecule has 0 bridgehead atoms.